The SMILES string of the molecule is CC(=O)Nc1cn2nc(-c3cc(C(=O)[O-])cnc3C)ccc2n1.[Li+]. The summed E-state index contributed by atoms with van der Waals surface area (Å²) in [5.74, 6) is -1.13. The number of hydrogen-bond acceptors (Lipinski definition) is 6. The number of nitrogens with one attached hydrogen (secondary N) is 1. The van der Waals surface area contributed by atoms with Crippen LogP contribution in [0.25, 0.3) is 16.9 Å². The van der Waals surface area contributed by atoms with Gasteiger partial charge in [0.2, 0.25) is 5.91 Å². The molecule has 0 radical (unpaired) electrons. The molecule has 3 aromatic heterocycles. The number of imidazole rings is 1. The molecule has 0 aromatic carbocycles. The molecule has 0 fully saturated rings. The van der Waals surface area contributed by atoms with Crippen molar-refractivity contribution in [1.82, 2.24) is 19.6 Å². The maximum Gasteiger partial charge on any atom is 1.00 e. The van der Waals surface area contributed by atoms with E-state index in [1.54, 1.807) is 25.3 Å². The van der Waals surface area contributed by atoms with Gasteiger partial charge in [0.05, 0.1) is 17.9 Å². The Hall–Kier alpha value is -2.69. The summed E-state index contributed by atoms with van der Waals surface area (Å²) >= 11 is 0. The van der Waals surface area contributed by atoms with Gasteiger partial charge in [0.25, 0.3) is 0 Å². The zero-order valence-electron chi connectivity index (χ0n) is 13.4. The van der Waals surface area contributed by atoms with Gasteiger partial charge in [-0.15, -0.1) is 0 Å². The summed E-state index contributed by atoms with van der Waals surface area (Å²) < 4.78 is 1.51. The molecule has 0 saturated heterocycles. The molecule has 3 rings (SSSR count). The minimum atomic E-state index is -1.30. The van der Waals surface area contributed by atoms with Crippen molar-refractivity contribution < 1.29 is 33.6 Å². The van der Waals surface area contributed by atoms with Crippen molar-refractivity contribution in [2.75, 3.05) is 5.32 Å². The third-order valence-corrected chi connectivity index (χ3v) is 3.22. The van der Waals surface area contributed by atoms with Crippen LogP contribution in [0.5, 0.6) is 0 Å². The molecule has 0 unspecified atom stereocenters. The van der Waals surface area contributed by atoms with Crippen LogP contribution >= 0.6 is 0 Å². The number of hydrogen-bond donors (Lipinski definition) is 1. The molecule has 0 spiro atoms. The molecule has 8 nitrogen and oxygen atoms in total. The van der Waals surface area contributed by atoms with E-state index in [4.69, 9.17) is 0 Å². The predicted molar refractivity (Wildman–Crippen MR) is 79.6 cm³/mol. The monoisotopic (exact) mass is 317 g/mol. The molecule has 0 aliphatic heterocycles. The fraction of sp³-hybridized carbons (Fsp3) is 0.133. The maximum atomic E-state index is 11.1. The Morgan fingerprint density at radius 2 is 2.04 bits per heavy atom. The van der Waals surface area contributed by atoms with E-state index in [0.717, 1.165) is 0 Å². The number of fused-ring (bicyclic) bond motifs is 1. The predicted octanol–water partition coefficient (Wildman–Crippen LogP) is -2.57. The van der Waals surface area contributed by atoms with E-state index in [1.165, 1.54) is 23.7 Å². The number of anilines is 1. The molecule has 0 atom stereocenters. The van der Waals surface area contributed by atoms with Gasteiger partial charge in [0, 0.05) is 29.9 Å². The second kappa shape index (κ2) is 6.82. The van der Waals surface area contributed by atoms with E-state index in [0.29, 0.717) is 28.4 Å². The zero-order valence-corrected chi connectivity index (χ0v) is 13.4. The molecule has 1 amide bonds. The first-order valence-corrected chi connectivity index (χ1v) is 6.76. The normalized spacial score (nSPS) is 10.2. The Morgan fingerprint density at radius 1 is 1.29 bits per heavy atom. The van der Waals surface area contributed by atoms with E-state index >= 15 is 0 Å². The Balaban J connectivity index is 0.00000208. The molecule has 0 aliphatic rings. The quantitative estimate of drug-likeness (QED) is 0.531. The summed E-state index contributed by atoms with van der Waals surface area (Å²) in [5, 5.41) is 18.0. The van der Waals surface area contributed by atoms with Crippen molar-refractivity contribution in [1.29, 1.82) is 0 Å². The molecule has 116 valence electrons. The van der Waals surface area contributed by atoms with Crippen LogP contribution in [0, 0.1) is 6.92 Å². The van der Waals surface area contributed by atoms with E-state index in [-0.39, 0.29) is 30.3 Å². The first kappa shape index (κ1) is 17.7. The molecule has 9 heteroatoms. The van der Waals surface area contributed by atoms with E-state index in [1.807, 2.05) is 0 Å². The van der Waals surface area contributed by atoms with E-state index in [2.05, 4.69) is 20.4 Å². The summed E-state index contributed by atoms with van der Waals surface area (Å²) in [6.45, 7) is 3.15. The van der Waals surface area contributed by atoms with Crippen molar-refractivity contribution in [3.63, 3.8) is 0 Å². The molecular formula is C15H12LiN5O3. The largest absolute Gasteiger partial charge is 1.00 e. The molecule has 0 bridgehead atoms. The molecule has 0 aliphatic carbocycles. The summed E-state index contributed by atoms with van der Waals surface area (Å²) in [5.41, 5.74) is 2.31. The first-order chi connectivity index (χ1) is 10.9. The van der Waals surface area contributed by atoms with E-state index in [9.17, 15) is 14.7 Å². The van der Waals surface area contributed by atoms with Gasteiger partial charge in [0.15, 0.2) is 11.5 Å². The van der Waals surface area contributed by atoms with Crippen molar-refractivity contribution in [3.05, 3.63) is 41.9 Å². The smallest absolute Gasteiger partial charge is 0.545 e. The molecule has 24 heavy (non-hydrogen) atoms. The number of aromatic nitrogens is 4. The standard InChI is InChI=1S/C15H13N5O3.Li/c1-8-11(5-10(6-16-8)15(22)23)12-3-4-14-18-13(17-9(2)21)7-20(14)19-12;/h3-7H,1-2H3,(H,17,21)(H,22,23);/q;+1/p-1. The average Bonchev–Trinajstić information content (AvgIpc) is 2.87. The van der Waals surface area contributed by atoms with Crippen LogP contribution in [0.2, 0.25) is 0 Å². The Bertz CT molecular complexity index is 938. The summed E-state index contributed by atoms with van der Waals surface area (Å²) in [6, 6.07) is 4.90. The van der Waals surface area contributed by atoms with Crippen molar-refractivity contribution in [2.45, 2.75) is 13.8 Å². The summed E-state index contributed by atoms with van der Waals surface area (Å²) in [6.07, 6.45) is 2.82. The van der Waals surface area contributed by atoms with Crippen LogP contribution in [0.4, 0.5) is 5.82 Å². The van der Waals surface area contributed by atoms with Crippen molar-refractivity contribution >= 4 is 23.3 Å². The van der Waals surface area contributed by atoms with Crippen molar-refractivity contribution in [2.24, 2.45) is 0 Å². The van der Waals surface area contributed by atoms with Crippen LogP contribution < -0.4 is 29.3 Å². The number of carboxylic acid groups (broad SMARTS) is 1. The first-order valence-electron chi connectivity index (χ1n) is 6.76. The number of pyridine rings is 1. The topological polar surface area (TPSA) is 112 Å². The summed E-state index contributed by atoms with van der Waals surface area (Å²) in [7, 11) is 0. The van der Waals surface area contributed by atoms with Gasteiger partial charge < -0.3 is 15.2 Å². The van der Waals surface area contributed by atoms with Crippen molar-refractivity contribution in [3.8, 4) is 11.3 Å². The van der Waals surface area contributed by atoms with Gasteiger partial charge in [-0.25, -0.2) is 9.50 Å². The Labute approximate surface area is 149 Å². The molecule has 3 aromatic rings. The maximum absolute atomic E-state index is 11.1. The summed E-state index contributed by atoms with van der Waals surface area (Å²) in [4.78, 5) is 30.3. The van der Waals surface area contributed by atoms with Gasteiger partial charge in [-0.2, -0.15) is 5.10 Å². The number of rotatable bonds is 3. The molecule has 3 heterocycles. The van der Waals surface area contributed by atoms with Gasteiger partial charge in [-0.05, 0) is 25.1 Å². The third-order valence-electron chi connectivity index (χ3n) is 3.22. The van der Waals surface area contributed by atoms with Crippen LogP contribution in [0.3, 0.4) is 0 Å². The molecule has 1 N–H and O–H groups in total. The zero-order chi connectivity index (χ0) is 16.6. The number of nitrogens with zero attached hydrogens (tertiary/aromatic N) is 4. The average molecular weight is 317 g/mol. The second-order valence-electron chi connectivity index (χ2n) is 4.97. The minimum Gasteiger partial charge on any atom is -0.545 e. The number of aromatic carboxylic acids is 1. The number of carbonyl (C=O) groups excluding carboxylic acids is 2. The van der Waals surface area contributed by atoms with Gasteiger partial charge >= 0.3 is 18.9 Å². The van der Waals surface area contributed by atoms with Crippen LogP contribution in [0.15, 0.2) is 30.6 Å². The Kier molecular flexibility index (Phi) is 5.02. The van der Waals surface area contributed by atoms with Gasteiger partial charge in [-0.3, -0.25) is 9.78 Å². The van der Waals surface area contributed by atoms with E-state index < -0.39 is 5.97 Å². The minimum absolute atomic E-state index is 0. The molecular weight excluding hydrogens is 305 g/mol. The Morgan fingerprint density at radius 3 is 2.71 bits per heavy atom. The fourth-order valence-electron chi connectivity index (χ4n) is 2.17. The number of aryl methyl sites for hydroxylation is 1. The fourth-order valence-corrected chi connectivity index (χ4v) is 2.17. The number of amides is 1. The second-order valence-corrected chi connectivity index (χ2v) is 4.97. The number of carboxylic acids is 1. The van der Waals surface area contributed by atoms with Crippen LogP contribution in [-0.2, 0) is 4.79 Å². The van der Waals surface area contributed by atoms with Gasteiger partial charge in [-0.1, -0.05) is 0 Å². The number of carbonyl (C=O) groups is 2. The third kappa shape index (κ3) is 3.45. The molecule has 0 saturated carbocycles. The van der Waals surface area contributed by atoms with Crippen LogP contribution in [0.1, 0.15) is 23.0 Å². The van der Waals surface area contributed by atoms with Gasteiger partial charge in [0.1, 0.15) is 0 Å². The van der Waals surface area contributed by atoms with Crippen LogP contribution in [-0.4, -0.2) is 31.5 Å².